The number of benzene rings is 2. The van der Waals surface area contributed by atoms with E-state index in [2.05, 4.69) is 34.1 Å². The molecule has 2 atom stereocenters. The number of halogens is 2. The molecule has 4 nitrogen and oxygen atoms in total. The summed E-state index contributed by atoms with van der Waals surface area (Å²) in [5.74, 6) is 0.780. The molecule has 1 aromatic heterocycles. The fraction of sp³-hybridized carbons (Fsp3) is 0.409. The van der Waals surface area contributed by atoms with Gasteiger partial charge in [-0.15, -0.1) is 24.8 Å². The number of hydrogen-bond donors (Lipinski definition) is 1. The molecule has 0 radical (unpaired) electrons. The van der Waals surface area contributed by atoms with Crippen molar-refractivity contribution in [1.82, 2.24) is 9.88 Å². The zero-order valence-electron chi connectivity index (χ0n) is 15.8. The van der Waals surface area contributed by atoms with Crippen LogP contribution in [0.1, 0.15) is 42.7 Å². The number of rotatable bonds is 4. The van der Waals surface area contributed by atoms with Crippen molar-refractivity contribution in [1.29, 1.82) is 0 Å². The van der Waals surface area contributed by atoms with Crippen LogP contribution in [0.3, 0.4) is 0 Å². The summed E-state index contributed by atoms with van der Waals surface area (Å²) in [6.45, 7) is 1.05. The van der Waals surface area contributed by atoms with Crippen LogP contribution in [0.2, 0.25) is 0 Å². The molecule has 5 rings (SSSR count). The summed E-state index contributed by atoms with van der Waals surface area (Å²) in [7, 11) is 0. The number of hydrogen-bond acceptors (Lipinski definition) is 4. The Bertz CT molecular complexity index is 865. The fourth-order valence-corrected chi connectivity index (χ4v) is 4.72. The van der Waals surface area contributed by atoms with Gasteiger partial charge < -0.3 is 10.2 Å². The molecule has 2 saturated heterocycles. The van der Waals surface area contributed by atoms with Gasteiger partial charge in [-0.2, -0.15) is 0 Å². The SMILES string of the molecule is Cl.Cl.NC1CC2CCC(C1)N2Cc1ccc(Cc2nc3ccccc3o2)cc1. The van der Waals surface area contributed by atoms with E-state index in [1.165, 1.54) is 24.0 Å². The fourth-order valence-electron chi connectivity index (χ4n) is 4.72. The monoisotopic (exact) mass is 419 g/mol. The highest BCUT2D eigenvalue weighted by atomic mass is 35.5. The lowest BCUT2D eigenvalue weighted by molar-refractivity contribution is 0.120. The lowest BCUT2D eigenvalue weighted by Gasteiger charge is -2.37. The standard InChI is InChI=1S/C22H25N3O.2ClH/c23-17-12-18-9-10-19(13-17)25(18)14-16-7-5-15(6-8-16)11-22-24-20-3-1-2-4-21(20)26-22;;/h1-8,17-19H,9-14,23H2;2*1H. The van der Waals surface area contributed by atoms with Gasteiger partial charge in [-0.25, -0.2) is 4.98 Å². The van der Waals surface area contributed by atoms with Crippen molar-refractivity contribution in [3.63, 3.8) is 0 Å². The molecular weight excluding hydrogens is 393 g/mol. The zero-order valence-corrected chi connectivity index (χ0v) is 17.4. The third-order valence-corrected chi connectivity index (χ3v) is 6.00. The van der Waals surface area contributed by atoms with E-state index in [9.17, 15) is 0 Å². The Hall–Kier alpha value is -1.59. The van der Waals surface area contributed by atoms with Gasteiger partial charge in [0.25, 0.3) is 0 Å². The van der Waals surface area contributed by atoms with Crippen molar-refractivity contribution < 1.29 is 4.42 Å². The van der Waals surface area contributed by atoms with Crippen LogP contribution in [-0.4, -0.2) is 28.0 Å². The van der Waals surface area contributed by atoms with Gasteiger partial charge in [0.05, 0.1) is 0 Å². The Kier molecular flexibility index (Phi) is 6.66. The minimum Gasteiger partial charge on any atom is -0.440 e. The van der Waals surface area contributed by atoms with Gasteiger partial charge in [-0.3, -0.25) is 4.90 Å². The number of oxazole rings is 1. The summed E-state index contributed by atoms with van der Waals surface area (Å²) >= 11 is 0. The summed E-state index contributed by atoms with van der Waals surface area (Å²) in [6, 6.07) is 18.6. The molecule has 0 spiro atoms. The molecule has 2 aliphatic rings. The quantitative estimate of drug-likeness (QED) is 0.664. The Labute approximate surface area is 178 Å². The molecule has 2 fully saturated rings. The zero-order chi connectivity index (χ0) is 17.5. The average molecular weight is 420 g/mol. The van der Waals surface area contributed by atoms with Crippen molar-refractivity contribution in [3.8, 4) is 0 Å². The molecule has 0 aliphatic carbocycles. The van der Waals surface area contributed by atoms with E-state index in [-0.39, 0.29) is 24.8 Å². The van der Waals surface area contributed by atoms with Crippen LogP contribution in [-0.2, 0) is 13.0 Å². The minimum absolute atomic E-state index is 0. The Morgan fingerprint density at radius 2 is 1.57 bits per heavy atom. The van der Waals surface area contributed by atoms with E-state index in [0.717, 1.165) is 42.8 Å². The number of aromatic nitrogens is 1. The first kappa shape index (κ1) is 21.1. The van der Waals surface area contributed by atoms with Gasteiger partial charge in [0.15, 0.2) is 11.5 Å². The van der Waals surface area contributed by atoms with E-state index in [0.29, 0.717) is 18.1 Å². The van der Waals surface area contributed by atoms with Gasteiger partial charge in [0.1, 0.15) is 5.52 Å². The van der Waals surface area contributed by atoms with E-state index in [1.807, 2.05) is 24.3 Å². The second-order valence-corrected chi connectivity index (χ2v) is 7.86. The second-order valence-electron chi connectivity index (χ2n) is 7.86. The van der Waals surface area contributed by atoms with E-state index >= 15 is 0 Å². The summed E-state index contributed by atoms with van der Waals surface area (Å²) in [5, 5.41) is 0. The first-order chi connectivity index (χ1) is 12.7. The molecule has 150 valence electrons. The molecule has 0 amide bonds. The molecule has 2 bridgehead atoms. The first-order valence-corrected chi connectivity index (χ1v) is 9.68. The van der Waals surface area contributed by atoms with Crippen molar-refractivity contribution >= 4 is 35.9 Å². The van der Waals surface area contributed by atoms with Crippen LogP contribution in [0, 0.1) is 0 Å². The maximum absolute atomic E-state index is 6.19. The van der Waals surface area contributed by atoms with Gasteiger partial charge in [0.2, 0.25) is 0 Å². The predicted octanol–water partition coefficient (Wildman–Crippen LogP) is 4.72. The summed E-state index contributed by atoms with van der Waals surface area (Å²) in [5.41, 5.74) is 10.6. The van der Waals surface area contributed by atoms with Crippen LogP contribution in [0.15, 0.2) is 52.9 Å². The maximum atomic E-state index is 6.19. The largest absolute Gasteiger partial charge is 0.440 e. The predicted molar refractivity (Wildman–Crippen MR) is 117 cm³/mol. The number of nitrogens with two attached hydrogens (primary N) is 1. The molecular formula is C22H27Cl2N3O. The minimum atomic E-state index is 0. The van der Waals surface area contributed by atoms with Gasteiger partial charge in [0, 0.05) is 31.1 Å². The molecule has 2 aromatic carbocycles. The van der Waals surface area contributed by atoms with Crippen LogP contribution in [0.4, 0.5) is 0 Å². The maximum Gasteiger partial charge on any atom is 0.199 e. The Balaban J connectivity index is 0.00000112. The molecule has 2 unspecified atom stereocenters. The number of nitrogens with zero attached hydrogens (tertiary/aromatic N) is 2. The third-order valence-electron chi connectivity index (χ3n) is 6.00. The lowest BCUT2D eigenvalue weighted by atomic mass is 9.97. The molecule has 28 heavy (non-hydrogen) atoms. The number of para-hydroxylation sites is 2. The highest BCUT2D eigenvalue weighted by Gasteiger charge is 2.39. The van der Waals surface area contributed by atoms with Gasteiger partial charge in [-0.1, -0.05) is 36.4 Å². The summed E-state index contributed by atoms with van der Waals surface area (Å²) in [4.78, 5) is 7.25. The lowest BCUT2D eigenvalue weighted by Crippen LogP contribution is -2.46. The highest BCUT2D eigenvalue weighted by Crippen LogP contribution is 2.36. The van der Waals surface area contributed by atoms with Crippen molar-refractivity contribution in [3.05, 3.63) is 65.5 Å². The number of fused-ring (bicyclic) bond motifs is 3. The van der Waals surface area contributed by atoms with Crippen LogP contribution in [0.25, 0.3) is 11.1 Å². The Morgan fingerprint density at radius 1 is 0.929 bits per heavy atom. The Morgan fingerprint density at radius 3 is 2.25 bits per heavy atom. The number of piperidine rings is 1. The molecule has 2 N–H and O–H groups in total. The highest BCUT2D eigenvalue weighted by molar-refractivity contribution is 5.85. The molecule has 2 aliphatic heterocycles. The van der Waals surface area contributed by atoms with Crippen LogP contribution < -0.4 is 5.73 Å². The first-order valence-electron chi connectivity index (χ1n) is 9.68. The van der Waals surface area contributed by atoms with E-state index < -0.39 is 0 Å². The van der Waals surface area contributed by atoms with Crippen molar-refractivity contribution in [2.45, 2.75) is 56.8 Å². The summed E-state index contributed by atoms with van der Waals surface area (Å²) in [6.07, 6.45) is 5.68. The molecule has 3 aromatic rings. The van der Waals surface area contributed by atoms with Crippen LogP contribution in [0.5, 0.6) is 0 Å². The molecule has 6 heteroatoms. The smallest absolute Gasteiger partial charge is 0.199 e. The normalized spacial score (nSPS) is 24.0. The van der Waals surface area contributed by atoms with E-state index in [4.69, 9.17) is 10.2 Å². The van der Waals surface area contributed by atoms with Gasteiger partial charge >= 0.3 is 0 Å². The van der Waals surface area contributed by atoms with Crippen molar-refractivity contribution in [2.24, 2.45) is 5.73 Å². The van der Waals surface area contributed by atoms with Crippen LogP contribution >= 0.6 is 24.8 Å². The van der Waals surface area contributed by atoms with Gasteiger partial charge in [-0.05, 0) is 48.9 Å². The van der Waals surface area contributed by atoms with E-state index in [1.54, 1.807) is 0 Å². The summed E-state index contributed by atoms with van der Waals surface area (Å²) < 4.78 is 5.84. The topological polar surface area (TPSA) is 55.3 Å². The third kappa shape index (κ3) is 4.20. The average Bonchev–Trinajstić information content (AvgIpc) is 3.14. The second kappa shape index (κ2) is 8.83. The molecule has 0 saturated carbocycles. The molecule has 3 heterocycles. The van der Waals surface area contributed by atoms with Crippen molar-refractivity contribution in [2.75, 3.05) is 0 Å².